The summed E-state index contributed by atoms with van der Waals surface area (Å²) in [5.74, 6) is -2.14. The van der Waals surface area contributed by atoms with Crippen LogP contribution in [0.2, 0.25) is 0 Å². The fraction of sp³-hybridized carbons (Fsp3) is 0.308. The molecular formula is C13H13F3N4O3. The van der Waals surface area contributed by atoms with Gasteiger partial charge in [-0.2, -0.15) is 8.78 Å². The molecule has 7 nitrogen and oxygen atoms in total. The second kappa shape index (κ2) is 6.99. The molecule has 0 radical (unpaired) electrons. The van der Waals surface area contributed by atoms with Crippen molar-refractivity contribution in [2.75, 3.05) is 18.0 Å². The second-order valence-electron chi connectivity index (χ2n) is 4.58. The van der Waals surface area contributed by atoms with Gasteiger partial charge in [-0.1, -0.05) is 0 Å². The number of nitrogens with two attached hydrogens (primary N) is 1. The summed E-state index contributed by atoms with van der Waals surface area (Å²) in [6.45, 7) is -0.273. The number of alkyl halides is 2. The topological polar surface area (TPSA) is 97.0 Å². The summed E-state index contributed by atoms with van der Waals surface area (Å²) < 4.78 is 42.8. The number of cyclic esters (lactones) is 1. The van der Waals surface area contributed by atoms with E-state index in [1.54, 1.807) is 0 Å². The van der Waals surface area contributed by atoms with Crippen molar-refractivity contribution in [3.8, 4) is 0 Å². The van der Waals surface area contributed by atoms with Gasteiger partial charge in [-0.05, 0) is 18.2 Å². The Morgan fingerprint density at radius 3 is 2.91 bits per heavy atom. The largest absolute Gasteiger partial charge is 0.442 e. The third-order valence-electron chi connectivity index (χ3n) is 3.03. The summed E-state index contributed by atoms with van der Waals surface area (Å²) in [5.41, 5.74) is 5.30. The van der Waals surface area contributed by atoms with E-state index in [0.717, 1.165) is 17.3 Å². The first-order valence-corrected chi connectivity index (χ1v) is 6.50. The molecule has 2 amide bonds. The number of hydrogen-bond acceptors (Lipinski definition) is 4. The number of halogens is 3. The molecule has 0 aromatic heterocycles. The predicted molar refractivity (Wildman–Crippen MR) is 75.4 cm³/mol. The number of carbonyl (C=O) groups is 2. The van der Waals surface area contributed by atoms with Crippen molar-refractivity contribution in [3.05, 3.63) is 24.0 Å². The molecule has 1 aliphatic rings. The first-order chi connectivity index (χ1) is 10.9. The molecule has 1 aliphatic heterocycles. The molecule has 1 atom stereocenters. The maximum absolute atomic E-state index is 13.8. The van der Waals surface area contributed by atoms with Gasteiger partial charge in [-0.25, -0.2) is 14.2 Å². The highest BCUT2D eigenvalue weighted by molar-refractivity contribution is 5.90. The van der Waals surface area contributed by atoms with Crippen LogP contribution in [0.1, 0.15) is 0 Å². The van der Waals surface area contributed by atoms with Gasteiger partial charge in [0.2, 0.25) is 0 Å². The SMILES string of the molecule is NC=Nc1ccc(N2C[C@H](CNC(=O)C(F)F)OC2=O)cc1F. The maximum Gasteiger partial charge on any atom is 0.414 e. The average Bonchev–Trinajstić information content (AvgIpc) is 2.88. The maximum atomic E-state index is 13.8. The fourth-order valence-electron chi connectivity index (χ4n) is 1.98. The average molecular weight is 330 g/mol. The summed E-state index contributed by atoms with van der Waals surface area (Å²) >= 11 is 0. The molecule has 1 aromatic rings. The number of carbonyl (C=O) groups excluding carboxylic acids is 2. The van der Waals surface area contributed by atoms with Crippen molar-refractivity contribution in [2.24, 2.45) is 10.7 Å². The van der Waals surface area contributed by atoms with Crippen molar-refractivity contribution >= 4 is 29.7 Å². The zero-order valence-corrected chi connectivity index (χ0v) is 11.7. The van der Waals surface area contributed by atoms with E-state index in [0.29, 0.717) is 0 Å². The van der Waals surface area contributed by atoms with E-state index in [2.05, 4.69) is 4.99 Å². The minimum Gasteiger partial charge on any atom is -0.442 e. The van der Waals surface area contributed by atoms with Gasteiger partial charge >= 0.3 is 12.5 Å². The molecule has 10 heteroatoms. The monoisotopic (exact) mass is 330 g/mol. The van der Waals surface area contributed by atoms with Crippen LogP contribution in [-0.2, 0) is 9.53 Å². The molecule has 124 valence electrons. The summed E-state index contributed by atoms with van der Waals surface area (Å²) in [6.07, 6.45) is -3.79. The van der Waals surface area contributed by atoms with Crippen LogP contribution in [-0.4, -0.2) is 44.0 Å². The van der Waals surface area contributed by atoms with Gasteiger partial charge in [0.25, 0.3) is 5.91 Å². The number of anilines is 1. The third-order valence-corrected chi connectivity index (χ3v) is 3.03. The number of amides is 2. The Bertz CT molecular complexity index is 639. The minimum absolute atomic E-state index is 0.00422. The summed E-state index contributed by atoms with van der Waals surface area (Å²) in [6, 6.07) is 3.84. The lowest BCUT2D eigenvalue weighted by atomic mass is 10.2. The first-order valence-electron chi connectivity index (χ1n) is 6.50. The molecule has 0 aliphatic carbocycles. The van der Waals surface area contributed by atoms with Crippen LogP contribution in [0, 0.1) is 5.82 Å². The highest BCUT2D eigenvalue weighted by Gasteiger charge is 2.33. The van der Waals surface area contributed by atoms with Gasteiger partial charge in [0.15, 0.2) is 5.82 Å². The van der Waals surface area contributed by atoms with E-state index >= 15 is 0 Å². The van der Waals surface area contributed by atoms with Crippen LogP contribution < -0.4 is 16.0 Å². The highest BCUT2D eigenvalue weighted by atomic mass is 19.3. The molecule has 3 N–H and O–H groups in total. The quantitative estimate of drug-likeness (QED) is 0.625. The molecule has 0 bridgehead atoms. The van der Waals surface area contributed by atoms with Gasteiger partial charge in [-0.15, -0.1) is 0 Å². The van der Waals surface area contributed by atoms with Crippen LogP contribution in [0.3, 0.4) is 0 Å². The van der Waals surface area contributed by atoms with Crippen LogP contribution in [0.25, 0.3) is 0 Å². The first kappa shape index (κ1) is 16.6. The lowest BCUT2D eigenvalue weighted by Crippen LogP contribution is -2.37. The molecule has 1 fully saturated rings. The molecule has 1 saturated heterocycles. The number of ether oxygens (including phenoxy) is 1. The molecular weight excluding hydrogens is 317 g/mol. The molecule has 0 saturated carbocycles. The Labute approximate surface area is 128 Å². The van der Waals surface area contributed by atoms with Gasteiger partial charge in [0, 0.05) is 0 Å². The third kappa shape index (κ3) is 3.90. The zero-order valence-electron chi connectivity index (χ0n) is 11.7. The van der Waals surface area contributed by atoms with Gasteiger partial charge in [-0.3, -0.25) is 9.69 Å². The van der Waals surface area contributed by atoms with Crippen molar-refractivity contribution in [1.29, 1.82) is 0 Å². The molecule has 1 heterocycles. The number of nitrogens with zero attached hydrogens (tertiary/aromatic N) is 2. The van der Waals surface area contributed by atoms with E-state index < -0.39 is 30.3 Å². The molecule has 0 unspecified atom stereocenters. The second-order valence-corrected chi connectivity index (χ2v) is 4.58. The van der Waals surface area contributed by atoms with Crippen molar-refractivity contribution in [2.45, 2.75) is 12.5 Å². The standard InChI is InChI=1S/C13H13F3N4O3/c14-9-3-7(1-2-10(9)19-6-17)20-5-8(23-13(20)22)4-18-12(21)11(15)16/h1-3,6,8,11H,4-5H2,(H2,17,19)(H,18,21)/t8-/m0/s1. The summed E-state index contributed by atoms with van der Waals surface area (Å²) in [5, 5.41) is 1.95. The number of hydrogen-bond donors (Lipinski definition) is 2. The lowest BCUT2D eigenvalue weighted by molar-refractivity contribution is -0.132. The number of benzene rings is 1. The fourth-order valence-corrected chi connectivity index (χ4v) is 1.98. The van der Waals surface area contributed by atoms with E-state index in [-0.39, 0.29) is 24.5 Å². The normalized spacial score (nSPS) is 17.8. The van der Waals surface area contributed by atoms with Gasteiger partial charge in [0.1, 0.15) is 11.8 Å². The van der Waals surface area contributed by atoms with E-state index in [1.165, 1.54) is 12.1 Å². The van der Waals surface area contributed by atoms with E-state index in [4.69, 9.17) is 10.5 Å². The molecule has 2 rings (SSSR count). The van der Waals surface area contributed by atoms with Crippen LogP contribution in [0.4, 0.5) is 29.3 Å². The Kier molecular flexibility index (Phi) is 5.04. The van der Waals surface area contributed by atoms with E-state index in [9.17, 15) is 22.8 Å². The van der Waals surface area contributed by atoms with Crippen LogP contribution in [0.5, 0.6) is 0 Å². The Hall–Kier alpha value is -2.78. The summed E-state index contributed by atoms with van der Waals surface area (Å²) in [4.78, 5) is 27.3. The van der Waals surface area contributed by atoms with Crippen molar-refractivity contribution in [3.63, 3.8) is 0 Å². The molecule has 1 aromatic carbocycles. The predicted octanol–water partition coefficient (Wildman–Crippen LogP) is 1.15. The number of rotatable bonds is 5. The lowest BCUT2D eigenvalue weighted by Gasteiger charge is -2.13. The highest BCUT2D eigenvalue weighted by Crippen LogP contribution is 2.27. The smallest absolute Gasteiger partial charge is 0.414 e. The molecule has 23 heavy (non-hydrogen) atoms. The Morgan fingerprint density at radius 2 is 2.30 bits per heavy atom. The van der Waals surface area contributed by atoms with Crippen molar-refractivity contribution < 1.29 is 27.5 Å². The van der Waals surface area contributed by atoms with Crippen LogP contribution >= 0.6 is 0 Å². The Morgan fingerprint density at radius 1 is 1.57 bits per heavy atom. The van der Waals surface area contributed by atoms with Gasteiger partial charge < -0.3 is 15.8 Å². The molecule has 0 spiro atoms. The minimum atomic E-state index is -3.15. The van der Waals surface area contributed by atoms with Crippen molar-refractivity contribution in [1.82, 2.24) is 5.32 Å². The Balaban J connectivity index is 2.03. The number of aliphatic imine (C=N–C) groups is 1. The van der Waals surface area contributed by atoms with Crippen LogP contribution in [0.15, 0.2) is 23.2 Å². The zero-order chi connectivity index (χ0) is 17.0. The number of nitrogens with one attached hydrogen (secondary N) is 1. The summed E-state index contributed by atoms with van der Waals surface area (Å²) in [7, 11) is 0. The van der Waals surface area contributed by atoms with E-state index in [1.807, 2.05) is 5.32 Å². The van der Waals surface area contributed by atoms with Gasteiger partial charge in [0.05, 0.1) is 25.1 Å².